The Kier molecular flexibility index (Phi) is 4.24. The van der Waals surface area contributed by atoms with Crippen LogP contribution in [0.3, 0.4) is 0 Å². The Hall–Kier alpha value is -1.42. The molecule has 0 aromatic heterocycles. The molecule has 15 heavy (non-hydrogen) atoms. The van der Waals surface area contributed by atoms with E-state index in [1.54, 1.807) is 14.2 Å². The molecular weight excluding hydrogens is 194 g/mol. The van der Waals surface area contributed by atoms with Gasteiger partial charge in [-0.25, -0.2) is 0 Å². The predicted molar refractivity (Wildman–Crippen MR) is 58.7 cm³/mol. The highest BCUT2D eigenvalue weighted by Crippen LogP contribution is 2.37. The molecule has 1 aromatic carbocycles. The fraction of sp³-hybridized carbons (Fsp3) is 0.455. The highest BCUT2D eigenvalue weighted by molar-refractivity contribution is 5.51. The number of nitrogens with two attached hydrogens (primary N) is 1. The average Bonchev–Trinajstić information content (AvgIpc) is 2.29. The number of hydrogen-bond donors (Lipinski definition) is 1. The summed E-state index contributed by atoms with van der Waals surface area (Å²) in [6.45, 7) is 2.34. The van der Waals surface area contributed by atoms with E-state index in [0.29, 0.717) is 23.8 Å². The molecule has 1 atom stereocenters. The van der Waals surface area contributed by atoms with E-state index in [9.17, 15) is 0 Å². The molecule has 0 heterocycles. The molecule has 0 saturated heterocycles. The molecule has 0 saturated carbocycles. The Morgan fingerprint density at radius 3 is 2.13 bits per heavy atom. The van der Waals surface area contributed by atoms with E-state index in [4.69, 9.17) is 19.9 Å². The van der Waals surface area contributed by atoms with Gasteiger partial charge in [0.25, 0.3) is 0 Å². The number of para-hydroxylation sites is 1. The van der Waals surface area contributed by atoms with Gasteiger partial charge in [0.1, 0.15) is 6.10 Å². The van der Waals surface area contributed by atoms with Gasteiger partial charge >= 0.3 is 0 Å². The van der Waals surface area contributed by atoms with Crippen molar-refractivity contribution in [1.82, 2.24) is 0 Å². The first-order valence-corrected chi connectivity index (χ1v) is 4.80. The largest absolute Gasteiger partial charge is 0.493 e. The van der Waals surface area contributed by atoms with Crippen LogP contribution in [-0.2, 0) is 0 Å². The van der Waals surface area contributed by atoms with Crippen molar-refractivity contribution in [2.24, 2.45) is 5.73 Å². The first-order valence-electron chi connectivity index (χ1n) is 4.80. The van der Waals surface area contributed by atoms with E-state index in [-0.39, 0.29) is 6.10 Å². The Balaban J connectivity index is 2.99. The molecule has 4 heteroatoms. The second-order valence-corrected chi connectivity index (χ2v) is 3.16. The fourth-order valence-electron chi connectivity index (χ4n) is 1.18. The normalized spacial score (nSPS) is 12.0. The first kappa shape index (κ1) is 11.7. The van der Waals surface area contributed by atoms with Gasteiger partial charge in [-0.3, -0.25) is 0 Å². The molecular formula is C11H17NO3. The highest BCUT2D eigenvalue weighted by Gasteiger charge is 2.13. The molecule has 0 aliphatic carbocycles. The Labute approximate surface area is 89.9 Å². The van der Waals surface area contributed by atoms with E-state index >= 15 is 0 Å². The van der Waals surface area contributed by atoms with Gasteiger partial charge in [0, 0.05) is 6.54 Å². The third kappa shape index (κ3) is 2.76. The zero-order valence-corrected chi connectivity index (χ0v) is 9.32. The van der Waals surface area contributed by atoms with Crippen LogP contribution in [0.1, 0.15) is 6.92 Å². The van der Waals surface area contributed by atoms with Gasteiger partial charge in [-0.1, -0.05) is 6.07 Å². The van der Waals surface area contributed by atoms with Crippen molar-refractivity contribution in [1.29, 1.82) is 0 Å². The topological polar surface area (TPSA) is 53.7 Å². The third-order valence-electron chi connectivity index (χ3n) is 2.03. The van der Waals surface area contributed by atoms with Crippen molar-refractivity contribution in [2.45, 2.75) is 13.0 Å². The summed E-state index contributed by atoms with van der Waals surface area (Å²) in [5, 5.41) is 0. The maximum atomic E-state index is 5.63. The van der Waals surface area contributed by atoms with E-state index in [2.05, 4.69) is 0 Å². The summed E-state index contributed by atoms with van der Waals surface area (Å²) in [6, 6.07) is 5.49. The standard InChI is InChI=1S/C11H17NO3/c1-8(7-12)15-11-9(13-2)5-4-6-10(11)14-3/h4-6,8H,7,12H2,1-3H3. The molecule has 1 rings (SSSR count). The minimum atomic E-state index is -0.0739. The van der Waals surface area contributed by atoms with E-state index in [1.807, 2.05) is 25.1 Å². The second kappa shape index (κ2) is 5.46. The van der Waals surface area contributed by atoms with E-state index in [1.165, 1.54) is 0 Å². The van der Waals surface area contributed by atoms with Crippen molar-refractivity contribution in [2.75, 3.05) is 20.8 Å². The van der Waals surface area contributed by atoms with Gasteiger partial charge in [0.15, 0.2) is 11.5 Å². The van der Waals surface area contributed by atoms with Gasteiger partial charge < -0.3 is 19.9 Å². The average molecular weight is 211 g/mol. The van der Waals surface area contributed by atoms with Crippen LogP contribution in [-0.4, -0.2) is 26.9 Å². The zero-order chi connectivity index (χ0) is 11.3. The van der Waals surface area contributed by atoms with Gasteiger partial charge in [0.05, 0.1) is 14.2 Å². The van der Waals surface area contributed by atoms with Gasteiger partial charge in [-0.15, -0.1) is 0 Å². The molecule has 0 bridgehead atoms. The monoisotopic (exact) mass is 211 g/mol. The number of hydrogen-bond acceptors (Lipinski definition) is 4. The van der Waals surface area contributed by atoms with Crippen molar-refractivity contribution >= 4 is 0 Å². The molecule has 0 aliphatic heterocycles. The van der Waals surface area contributed by atoms with Gasteiger partial charge in [-0.2, -0.15) is 0 Å². The lowest BCUT2D eigenvalue weighted by molar-refractivity contribution is 0.208. The number of methoxy groups -OCH3 is 2. The van der Waals surface area contributed by atoms with Crippen LogP contribution in [0.4, 0.5) is 0 Å². The quantitative estimate of drug-likeness (QED) is 0.800. The van der Waals surface area contributed by atoms with Crippen molar-refractivity contribution < 1.29 is 14.2 Å². The summed E-state index contributed by atoms with van der Waals surface area (Å²) in [5.41, 5.74) is 5.50. The SMILES string of the molecule is COc1cccc(OC)c1OC(C)CN. The van der Waals surface area contributed by atoms with Crippen LogP contribution in [0.25, 0.3) is 0 Å². The number of rotatable bonds is 5. The zero-order valence-electron chi connectivity index (χ0n) is 9.32. The Morgan fingerprint density at radius 2 is 1.73 bits per heavy atom. The molecule has 0 spiro atoms. The molecule has 0 fully saturated rings. The van der Waals surface area contributed by atoms with Gasteiger partial charge in [-0.05, 0) is 19.1 Å². The van der Waals surface area contributed by atoms with Gasteiger partial charge in [0.2, 0.25) is 5.75 Å². The molecule has 0 amide bonds. The lowest BCUT2D eigenvalue weighted by atomic mass is 10.3. The van der Waals surface area contributed by atoms with E-state index < -0.39 is 0 Å². The molecule has 0 radical (unpaired) electrons. The Bertz CT molecular complexity index is 292. The van der Waals surface area contributed by atoms with Crippen LogP contribution in [0.15, 0.2) is 18.2 Å². The summed E-state index contributed by atoms with van der Waals surface area (Å²) in [5.74, 6) is 1.89. The predicted octanol–water partition coefficient (Wildman–Crippen LogP) is 1.43. The van der Waals surface area contributed by atoms with Crippen LogP contribution in [0.2, 0.25) is 0 Å². The van der Waals surface area contributed by atoms with Crippen LogP contribution < -0.4 is 19.9 Å². The summed E-state index contributed by atoms with van der Waals surface area (Å²) >= 11 is 0. The second-order valence-electron chi connectivity index (χ2n) is 3.16. The van der Waals surface area contributed by atoms with E-state index in [0.717, 1.165) is 0 Å². The summed E-state index contributed by atoms with van der Waals surface area (Å²) in [7, 11) is 3.18. The summed E-state index contributed by atoms with van der Waals surface area (Å²) in [4.78, 5) is 0. The maximum absolute atomic E-state index is 5.63. The fourth-order valence-corrected chi connectivity index (χ4v) is 1.18. The minimum absolute atomic E-state index is 0.0739. The number of benzene rings is 1. The van der Waals surface area contributed by atoms with Crippen molar-refractivity contribution in [3.05, 3.63) is 18.2 Å². The lowest BCUT2D eigenvalue weighted by Gasteiger charge is -2.17. The lowest BCUT2D eigenvalue weighted by Crippen LogP contribution is -2.23. The third-order valence-corrected chi connectivity index (χ3v) is 2.03. The minimum Gasteiger partial charge on any atom is -0.493 e. The molecule has 1 unspecified atom stereocenters. The summed E-state index contributed by atoms with van der Waals surface area (Å²) < 4.78 is 16.0. The Morgan fingerprint density at radius 1 is 1.20 bits per heavy atom. The molecule has 2 N–H and O–H groups in total. The molecule has 0 aliphatic rings. The smallest absolute Gasteiger partial charge is 0.203 e. The number of ether oxygens (including phenoxy) is 3. The van der Waals surface area contributed by atoms with Crippen molar-refractivity contribution in [3.63, 3.8) is 0 Å². The van der Waals surface area contributed by atoms with Crippen LogP contribution in [0.5, 0.6) is 17.2 Å². The van der Waals surface area contributed by atoms with Crippen LogP contribution >= 0.6 is 0 Å². The maximum Gasteiger partial charge on any atom is 0.203 e. The highest BCUT2D eigenvalue weighted by atomic mass is 16.5. The molecule has 4 nitrogen and oxygen atoms in total. The molecule has 1 aromatic rings. The molecule has 84 valence electrons. The van der Waals surface area contributed by atoms with Crippen LogP contribution in [0, 0.1) is 0 Å². The van der Waals surface area contributed by atoms with Crippen molar-refractivity contribution in [3.8, 4) is 17.2 Å². The summed E-state index contributed by atoms with van der Waals surface area (Å²) in [6.07, 6.45) is -0.0739. The first-order chi connectivity index (χ1) is 7.22.